The topological polar surface area (TPSA) is 126 Å². The highest BCUT2D eigenvalue weighted by Gasteiger charge is 2.47. The average Bonchev–Trinajstić information content (AvgIpc) is 3.60. The Bertz CT molecular complexity index is 906. The number of carbonyl (C=O) groups is 2. The number of esters is 2. The van der Waals surface area contributed by atoms with Gasteiger partial charge in [-0.2, -0.15) is 0 Å². The minimum Gasteiger partial charge on any atom is -0.458 e. The van der Waals surface area contributed by atoms with Crippen LogP contribution in [0.1, 0.15) is 81.1 Å². The zero-order valence-electron chi connectivity index (χ0n) is 24.9. The molecule has 2 rings (SSSR count). The lowest BCUT2D eigenvalue weighted by Gasteiger charge is -2.29. The summed E-state index contributed by atoms with van der Waals surface area (Å²) in [4.78, 5) is 24.4. The van der Waals surface area contributed by atoms with Crippen LogP contribution in [0.15, 0.2) is 36.0 Å². The maximum atomic E-state index is 12.7. The summed E-state index contributed by atoms with van der Waals surface area (Å²) in [6.45, 7) is 14.6. The summed E-state index contributed by atoms with van der Waals surface area (Å²) in [6, 6.07) is 0. The van der Waals surface area contributed by atoms with Crippen molar-refractivity contribution in [2.75, 3.05) is 0 Å². The first-order valence-corrected chi connectivity index (χ1v) is 14.3. The van der Waals surface area contributed by atoms with Crippen LogP contribution in [0.4, 0.5) is 0 Å². The molecular weight excluding hydrogens is 500 g/mol. The Morgan fingerprint density at radius 3 is 2.51 bits per heavy atom. The van der Waals surface area contributed by atoms with E-state index in [-0.39, 0.29) is 48.3 Å². The van der Waals surface area contributed by atoms with Crippen LogP contribution in [-0.4, -0.2) is 69.5 Å². The highest BCUT2D eigenvalue weighted by Crippen LogP contribution is 2.37. The van der Waals surface area contributed by atoms with Crippen LogP contribution in [0, 0.1) is 23.7 Å². The molecule has 8 heteroatoms. The molecule has 0 aliphatic carbocycles. The molecule has 39 heavy (non-hydrogen) atoms. The van der Waals surface area contributed by atoms with Crippen molar-refractivity contribution < 1.29 is 39.1 Å². The van der Waals surface area contributed by atoms with E-state index in [1.54, 1.807) is 19.1 Å². The minimum atomic E-state index is -1.12. The number of aliphatic hydroxyl groups is 3. The van der Waals surface area contributed by atoms with Crippen LogP contribution in [0.2, 0.25) is 0 Å². The lowest BCUT2D eigenvalue weighted by Crippen LogP contribution is -2.33. The fourth-order valence-corrected chi connectivity index (χ4v) is 5.33. The van der Waals surface area contributed by atoms with E-state index >= 15 is 0 Å². The number of hydrogen-bond acceptors (Lipinski definition) is 8. The van der Waals surface area contributed by atoms with Crippen LogP contribution in [0.3, 0.4) is 0 Å². The Balaban J connectivity index is 2.17. The molecule has 11 unspecified atom stereocenters. The molecule has 3 N–H and O–H groups in total. The minimum absolute atomic E-state index is 0.0113. The van der Waals surface area contributed by atoms with E-state index in [2.05, 4.69) is 0 Å². The van der Waals surface area contributed by atoms with Crippen LogP contribution in [0.25, 0.3) is 0 Å². The van der Waals surface area contributed by atoms with Gasteiger partial charge in [-0.15, -0.1) is 0 Å². The molecule has 0 spiro atoms. The Morgan fingerprint density at radius 1 is 1.23 bits per heavy atom. The molecule has 2 aliphatic rings. The molecule has 8 nitrogen and oxygen atoms in total. The molecular formula is C31H50O8. The molecule has 11 atom stereocenters. The summed E-state index contributed by atoms with van der Waals surface area (Å²) in [6.07, 6.45) is 8.01. The first-order valence-electron chi connectivity index (χ1n) is 14.3. The fourth-order valence-electron chi connectivity index (χ4n) is 5.33. The van der Waals surface area contributed by atoms with E-state index in [0.717, 1.165) is 5.57 Å². The van der Waals surface area contributed by atoms with Gasteiger partial charge in [-0.25, -0.2) is 0 Å². The second-order valence-corrected chi connectivity index (χ2v) is 12.0. The van der Waals surface area contributed by atoms with E-state index in [1.807, 2.05) is 59.8 Å². The standard InChI is InChI=1S/C31H50O8/c1-9-24(33)22(6)30-27(38-30)17-31(8,36)14-10-11-18(2)29-19(3)12-13-26(37-23(7)32)21(5)15-20(4)25(34)16-28(35)39-29/h10-14,19-22,24-27,29-30,33-34,36H,9,15-17H2,1-8H3/b13-12+,14-10+,18-11+. The normalized spacial score (nSPS) is 36.6. The lowest BCUT2D eigenvalue weighted by atomic mass is 9.87. The summed E-state index contributed by atoms with van der Waals surface area (Å²) in [5.74, 6) is -1.30. The number of hydrogen-bond donors (Lipinski definition) is 3. The Morgan fingerprint density at radius 2 is 1.90 bits per heavy atom. The third kappa shape index (κ3) is 10.5. The monoisotopic (exact) mass is 550 g/mol. The molecule has 222 valence electrons. The van der Waals surface area contributed by atoms with Crippen LogP contribution in [-0.2, 0) is 23.8 Å². The van der Waals surface area contributed by atoms with Crippen LogP contribution < -0.4 is 0 Å². The van der Waals surface area contributed by atoms with Gasteiger partial charge >= 0.3 is 11.9 Å². The molecule has 1 saturated heterocycles. The second-order valence-electron chi connectivity index (χ2n) is 12.0. The van der Waals surface area contributed by atoms with E-state index in [9.17, 15) is 24.9 Å². The summed E-state index contributed by atoms with van der Waals surface area (Å²) < 4.78 is 17.1. The number of rotatable bonds is 9. The summed E-state index contributed by atoms with van der Waals surface area (Å²) in [5.41, 5.74) is -0.348. The van der Waals surface area contributed by atoms with Gasteiger partial charge in [0.15, 0.2) is 0 Å². The van der Waals surface area contributed by atoms with Crippen molar-refractivity contribution in [3.05, 3.63) is 36.0 Å². The average molecular weight is 551 g/mol. The maximum absolute atomic E-state index is 12.7. The molecule has 0 amide bonds. The van der Waals surface area contributed by atoms with Crippen molar-refractivity contribution in [2.24, 2.45) is 23.7 Å². The third-order valence-electron chi connectivity index (χ3n) is 8.02. The molecule has 2 aliphatic heterocycles. The van der Waals surface area contributed by atoms with Crippen molar-refractivity contribution in [2.45, 2.75) is 123 Å². The van der Waals surface area contributed by atoms with E-state index in [1.165, 1.54) is 6.92 Å². The molecule has 0 aromatic heterocycles. The van der Waals surface area contributed by atoms with Crippen molar-refractivity contribution in [3.63, 3.8) is 0 Å². The van der Waals surface area contributed by atoms with Crippen molar-refractivity contribution in [1.29, 1.82) is 0 Å². The predicted octanol–water partition coefficient (Wildman–Crippen LogP) is 4.27. The summed E-state index contributed by atoms with van der Waals surface area (Å²) in [5, 5.41) is 31.6. The zero-order valence-corrected chi connectivity index (χ0v) is 24.9. The number of allylic oxidation sites excluding steroid dienone is 2. The van der Waals surface area contributed by atoms with Gasteiger partial charge in [0, 0.05) is 25.2 Å². The first kappa shape index (κ1) is 33.2. The van der Waals surface area contributed by atoms with Crippen molar-refractivity contribution in [3.8, 4) is 0 Å². The molecule has 0 bridgehead atoms. The van der Waals surface area contributed by atoms with Crippen molar-refractivity contribution in [1.82, 2.24) is 0 Å². The second kappa shape index (κ2) is 14.6. The third-order valence-corrected chi connectivity index (χ3v) is 8.02. The SMILES string of the molecule is CCC(O)C(C)C1OC1CC(C)(O)/C=C/C=C(\C)C1OC(=O)CC(O)C(C)CC(C)C(OC(C)=O)/C=C/C1C. The highest BCUT2D eigenvalue weighted by molar-refractivity contribution is 5.70. The molecule has 2 heterocycles. The molecule has 0 radical (unpaired) electrons. The maximum Gasteiger partial charge on any atom is 0.309 e. The lowest BCUT2D eigenvalue weighted by molar-refractivity contribution is -0.152. The van der Waals surface area contributed by atoms with E-state index in [4.69, 9.17) is 14.2 Å². The van der Waals surface area contributed by atoms with Gasteiger partial charge in [0.2, 0.25) is 0 Å². The quantitative estimate of drug-likeness (QED) is 0.168. The predicted molar refractivity (Wildman–Crippen MR) is 150 cm³/mol. The van der Waals surface area contributed by atoms with Gasteiger partial charge in [-0.05, 0) is 50.2 Å². The first-order chi connectivity index (χ1) is 18.1. The molecule has 0 aromatic rings. The van der Waals surface area contributed by atoms with Crippen LogP contribution in [0.5, 0.6) is 0 Å². The van der Waals surface area contributed by atoms with Gasteiger partial charge < -0.3 is 29.5 Å². The summed E-state index contributed by atoms with van der Waals surface area (Å²) in [7, 11) is 0. The van der Waals surface area contributed by atoms with Gasteiger partial charge in [0.05, 0.1) is 36.4 Å². The van der Waals surface area contributed by atoms with Gasteiger partial charge in [-0.3, -0.25) is 9.59 Å². The number of aliphatic hydroxyl groups excluding tert-OH is 2. The Labute approximate surface area is 234 Å². The van der Waals surface area contributed by atoms with E-state index < -0.39 is 36.0 Å². The Kier molecular flexibility index (Phi) is 12.4. The van der Waals surface area contributed by atoms with Crippen LogP contribution >= 0.6 is 0 Å². The van der Waals surface area contributed by atoms with Gasteiger partial charge in [0.1, 0.15) is 12.2 Å². The number of cyclic esters (lactones) is 1. The van der Waals surface area contributed by atoms with Gasteiger partial charge in [0.25, 0.3) is 0 Å². The number of carbonyl (C=O) groups excluding carboxylic acids is 2. The summed E-state index contributed by atoms with van der Waals surface area (Å²) >= 11 is 0. The number of epoxide rings is 1. The molecule has 0 saturated carbocycles. The smallest absolute Gasteiger partial charge is 0.309 e. The highest BCUT2D eigenvalue weighted by atomic mass is 16.6. The number of ether oxygens (including phenoxy) is 3. The van der Waals surface area contributed by atoms with E-state index in [0.29, 0.717) is 19.3 Å². The Hall–Kier alpha value is -2.00. The zero-order chi connectivity index (χ0) is 29.5. The fraction of sp³-hybridized carbons (Fsp3) is 0.742. The van der Waals surface area contributed by atoms with Gasteiger partial charge in [-0.1, -0.05) is 58.9 Å². The largest absolute Gasteiger partial charge is 0.458 e. The molecule has 1 fully saturated rings. The molecule has 0 aromatic carbocycles. The van der Waals surface area contributed by atoms with Crippen molar-refractivity contribution >= 4 is 11.9 Å².